The van der Waals surface area contributed by atoms with Gasteiger partial charge in [0, 0.05) is 26.2 Å². The molecule has 0 saturated carbocycles. The fraction of sp³-hybridized carbons (Fsp3) is 0.222. The molecule has 1 heterocycles. The number of aromatic nitrogens is 2. The van der Waals surface area contributed by atoms with Gasteiger partial charge in [-0.1, -0.05) is 29.8 Å². The van der Waals surface area contributed by atoms with Crippen molar-refractivity contribution < 1.29 is 27.4 Å². The van der Waals surface area contributed by atoms with Crippen LogP contribution in [0.3, 0.4) is 0 Å². The molecule has 0 N–H and O–H groups in total. The third kappa shape index (κ3) is 5.48. The molecule has 0 aliphatic rings. The zero-order valence-corrected chi connectivity index (χ0v) is 17.8. The molecule has 0 bridgehead atoms. The molecule has 0 atom stereocenters. The van der Waals surface area contributed by atoms with Gasteiger partial charge in [0.25, 0.3) is 0 Å². The van der Waals surface area contributed by atoms with E-state index in [2.05, 4.69) is 26.1 Å². The zero-order valence-electron chi connectivity index (χ0n) is 16.3. The van der Waals surface area contributed by atoms with Crippen molar-refractivity contribution >= 4 is 46.9 Å². The van der Waals surface area contributed by atoms with Crippen LogP contribution in [-0.4, -0.2) is 54.6 Å². The van der Waals surface area contributed by atoms with Crippen molar-refractivity contribution in [3.63, 3.8) is 0 Å². The third-order valence-electron chi connectivity index (χ3n) is 3.55. The highest BCUT2D eigenvalue weighted by Gasteiger charge is 2.32. The summed E-state index contributed by atoms with van der Waals surface area (Å²) in [5.74, 6) is -1.58. The van der Waals surface area contributed by atoms with Gasteiger partial charge in [-0.3, -0.25) is 0 Å². The van der Waals surface area contributed by atoms with Gasteiger partial charge in [0.15, 0.2) is 11.5 Å². The van der Waals surface area contributed by atoms with Crippen LogP contribution in [0.2, 0.25) is 10.0 Å². The molecule has 164 valence electrons. The van der Waals surface area contributed by atoms with Crippen LogP contribution in [0.15, 0.2) is 23.7 Å². The maximum absolute atomic E-state index is 12.5. The Labute approximate surface area is 184 Å². The van der Waals surface area contributed by atoms with Gasteiger partial charge in [0.1, 0.15) is 17.5 Å². The van der Waals surface area contributed by atoms with Crippen molar-refractivity contribution in [2.75, 3.05) is 21.2 Å². The van der Waals surface area contributed by atoms with Crippen LogP contribution >= 0.6 is 23.2 Å². The molecule has 31 heavy (non-hydrogen) atoms. The minimum Gasteiger partial charge on any atom is -0.465 e. The van der Waals surface area contributed by atoms with E-state index in [-0.39, 0.29) is 38.4 Å². The highest BCUT2D eigenvalue weighted by molar-refractivity contribution is 6.38. The molecule has 0 aliphatic heterocycles. The summed E-state index contributed by atoms with van der Waals surface area (Å²) in [5.41, 5.74) is -0.635. The number of halogens is 5. The van der Waals surface area contributed by atoms with E-state index in [9.17, 15) is 23.2 Å². The summed E-state index contributed by atoms with van der Waals surface area (Å²) in [4.78, 5) is 17.8. The third-order valence-corrected chi connectivity index (χ3v) is 4.12. The lowest BCUT2D eigenvalue weighted by Gasteiger charge is -2.14. The summed E-state index contributed by atoms with van der Waals surface area (Å²) in [6.07, 6.45) is -3.62. The second-order valence-corrected chi connectivity index (χ2v) is 6.85. The van der Waals surface area contributed by atoms with Crippen molar-refractivity contribution in [1.82, 2.24) is 14.7 Å². The van der Waals surface area contributed by atoms with Crippen LogP contribution in [0, 0.1) is 11.3 Å². The molecule has 0 aliphatic carbocycles. The van der Waals surface area contributed by atoms with E-state index in [0.29, 0.717) is 0 Å². The Bertz CT molecular complexity index is 1080. The number of nitrogens with zero attached hydrogens (tertiary/aromatic N) is 5. The normalized spacial score (nSPS) is 11.3. The largest absolute Gasteiger partial charge is 0.573 e. The Morgan fingerprint density at radius 1 is 1.35 bits per heavy atom. The number of hydrogen-bond acceptors (Lipinski definition) is 6. The van der Waals surface area contributed by atoms with Gasteiger partial charge in [0.2, 0.25) is 0 Å². The van der Waals surface area contributed by atoms with Crippen LogP contribution in [0.1, 0.15) is 11.3 Å². The second kappa shape index (κ2) is 9.28. The fourth-order valence-electron chi connectivity index (χ4n) is 2.37. The number of carbonyl (C=O) groups excluding carboxylic acids is 1. The average Bonchev–Trinajstić information content (AvgIpc) is 3.01. The highest BCUT2D eigenvalue weighted by atomic mass is 35.5. The molecule has 8 nitrogen and oxygen atoms in total. The zero-order chi connectivity index (χ0) is 23.5. The summed E-state index contributed by atoms with van der Waals surface area (Å²) in [6, 6.07) is 3.55. The van der Waals surface area contributed by atoms with Gasteiger partial charge >= 0.3 is 12.3 Å². The van der Waals surface area contributed by atoms with Crippen LogP contribution in [0.25, 0.3) is 11.3 Å². The van der Waals surface area contributed by atoms with E-state index in [1.807, 2.05) is 6.07 Å². The summed E-state index contributed by atoms with van der Waals surface area (Å²) in [5, 5.41) is 13.0. The number of hydrogen-bond donors (Lipinski definition) is 0. The molecule has 0 spiro atoms. The molecule has 0 unspecified atom stereocenters. The van der Waals surface area contributed by atoms with Crippen molar-refractivity contribution in [3.05, 3.63) is 40.0 Å². The first kappa shape index (κ1) is 24.0. The van der Waals surface area contributed by atoms with E-state index in [1.165, 1.54) is 6.34 Å². The van der Waals surface area contributed by atoms with E-state index >= 15 is 0 Å². The number of benzene rings is 1. The molecule has 13 heteroatoms. The lowest BCUT2D eigenvalue weighted by molar-refractivity contribution is -0.274. The Kier molecular flexibility index (Phi) is 7.20. The Morgan fingerprint density at radius 3 is 2.39 bits per heavy atom. The predicted molar refractivity (Wildman–Crippen MR) is 108 cm³/mol. The first-order valence-electron chi connectivity index (χ1n) is 8.16. The maximum atomic E-state index is 12.5. The summed E-state index contributed by atoms with van der Waals surface area (Å²) in [7, 11) is 4.45. The predicted octanol–water partition coefficient (Wildman–Crippen LogP) is 4.36. The van der Waals surface area contributed by atoms with Crippen LogP contribution < -0.4 is 4.74 Å². The number of esters is 1. The molecule has 0 radical (unpaired) electrons. The number of methoxy groups -OCH3 is 1. The quantitative estimate of drug-likeness (QED) is 0.266. The average molecular weight is 476 g/mol. The molecule has 2 rings (SSSR count). The van der Waals surface area contributed by atoms with E-state index in [1.54, 1.807) is 19.0 Å². The van der Waals surface area contributed by atoms with Crippen LogP contribution in [0.5, 0.6) is 5.75 Å². The first-order chi connectivity index (χ1) is 14.4. The molecular weight excluding hydrogens is 462 g/mol. The number of alkyl halides is 3. The van der Waals surface area contributed by atoms with Crippen LogP contribution in [0.4, 0.5) is 19.0 Å². The van der Waals surface area contributed by atoms with Crippen molar-refractivity contribution in [2.24, 2.45) is 4.99 Å². The minimum absolute atomic E-state index is 0.0600. The van der Waals surface area contributed by atoms with Gasteiger partial charge in [-0.2, -0.15) is 10.4 Å². The SMILES string of the molecule is C=C(C(=O)OC)c1c(C#N)nn(-c2c(Cl)cc(OC(F)(F)F)cc2Cl)c1/N=C/N(C)C. The Balaban J connectivity index is 2.80. The van der Waals surface area contributed by atoms with Crippen LogP contribution in [-0.2, 0) is 9.53 Å². The molecule has 0 amide bonds. The Hall–Kier alpha value is -3.23. The number of nitriles is 1. The minimum atomic E-state index is -4.96. The smallest absolute Gasteiger partial charge is 0.465 e. The van der Waals surface area contributed by atoms with E-state index in [4.69, 9.17) is 23.2 Å². The summed E-state index contributed by atoms with van der Waals surface area (Å²) in [6.45, 7) is 3.62. The maximum Gasteiger partial charge on any atom is 0.573 e. The van der Waals surface area contributed by atoms with E-state index in [0.717, 1.165) is 23.9 Å². The lowest BCUT2D eigenvalue weighted by Crippen LogP contribution is -2.17. The standard InChI is InChI=1S/C18H14Cl2F3N5O3/c1-9(17(29)30-4)14-13(7-24)26-28(16(14)25-8-27(2)3)15-11(19)5-10(6-12(15)20)31-18(21,22)23/h5-6,8H,1H2,2-4H3/b25-8+. The van der Waals surface area contributed by atoms with Gasteiger partial charge in [-0.15, -0.1) is 13.2 Å². The van der Waals surface area contributed by atoms with Gasteiger partial charge in [-0.05, 0) is 0 Å². The second-order valence-electron chi connectivity index (χ2n) is 6.03. The molecule has 1 aromatic heterocycles. The molecule has 0 fully saturated rings. The van der Waals surface area contributed by atoms with Crippen molar-refractivity contribution in [2.45, 2.75) is 6.36 Å². The summed E-state index contributed by atoms with van der Waals surface area (Å²) >= 11 is 12.3. The Morgan fingerprint density at radius 2 is 1.94 bits per heavy atom. The number of ether oxygens (including phenoxy) is 2. The highest BCUT2D eigenvalue weighted by Crippen LogP contribution is 2.39. The lowest BCUT2D eigenvalue weighted by atomic mass is 10.1. The number of carbonyl (C=O) groups is 1. The molecule has 2 aromatic rings. The van der Waals surface area contributed by atoms with Gasteiger partial charge in [0.05, 0.1) is 34.6 Å². The fourth-order valence-corrected chi connectivity index (χ4v) is 3.00. The number of aliphatic imine (C=N–C) groups is 1. The first-order valence-corrected chi connectivity index (χ1v) is 8.91. The van der Waals surface area contributed by atoms with Crippen molar-refractivity contribution in [3.8, 4) is 17.5 Å². The van der Waals surface area contributed by atoms with E-state index < -0.39 is 18.1 Å². The topological polar surface area (TPSA) is 92.7 Å². The number of rotatable bonds is 6. The van der Waals surface area contributed by atoms with Gasteiger partial charge in [-0.25, -0.2) is 14.5 Å². The van der Waals surface area contributed by atoms with Gasteiger partial charge < -0.3 is 14.4 Å². The molecular formula is C18H14Cl2F3N5O3. The molecule has 1 aromatic carbocycles. The summed E-state index contributed by atoms with van der Waals surface area (Å²) < 4.78 is 47.1. The monoisotopic (exact) mass is 475 g/mol. The molecule has 0 saturated heterocycles. The van der Waals surface area contributed by atoms with Crippen molar-refractivity contribution in [1.29, 1.82) is 5.26 Å².